The van der Waals surface area contributed by atoms with Crippen molar-refractivity contribution in [2.75, 3.05) is 24.4 Å². The van der Waals surface area contributed by atoms with Crippen LogP contribution in [0.5, 0.6) is 0 Å². The zero-order valence-electron chi connectivity index (χ0n) is 8.50. The molecule has 0 fully saturated rings. The smallest absolute Gasteiger partial charge is 0.338 e. The molecule has 1 aliphatic rings. The number of nitrogens with zero attached hydrogens (tertiary/aromatic N) is 1. The van der Waals surface area contributed by atoms with Gasteiger partial charge in [-0.2, -0.15) is 0 Å². The quantitative estimate of drug-likeness (QED) is 0.582. The third kappa shape index (κ3) is 1.92. The number of halogens is 1. The van der Waals surface area contributed by atoms with Crippen molar-refractivity contribution in [3.8, 4) is 0 Å². The molecule has 1 aromatic rings. The Labute approximate surface area is 93.6 Å². The largest absolute Gasteiger partial charge is 0.457 e. The Morgan fingerprint density at radius 2 is 2.33 bits per heavy atom. The number of esters is 1. The van der Waals surface area contributed by atoms with E-state index in [0.717, 1.165) is 17.8 Å². The predicted molar refractivity (Wildman–Crippen MR) is 59.6 cm³/mol. The number of ether oxygens (including phenoxy) is 1. The molecule has 0 amide bonds. The molecule has 0 N–H and O–H groups in total. The predicted octanol–water partition coefficient (Wildman–Crippen LogP) is 2.03. The van der Waals surface area contributed by atoms with Gasteiger partial charge in [-0.25, -0.2) is 4.79 Å². The molecule has 0 unspecified atom stereocenters. The number of hydrogen-bond donors (Lipinski definition) is 0. The first-order valence-corrected chi connectivity index (χ1v) is 5.33. The number of anilines is 1. The Kier molecular flexibility index (Phi) is 2.82. The van der Waals surface area contributed by atoms with E-state index in [1.807, 2.05) is 25.2 Å². The van der Waals surface area contributed by atoms with Crippen LogP contribution in [0.4, 0.5) is 5.69 Å². The maximum absolute atomic E-state index is 11.2. The van der Waals surface area contributed by atoms with Crippen LogP contribution in [0.1, 0.15) is 15.9 Å². The van der Waals surface area contributed by atoms with Gasteiger partial charge in [0.2, 0.25) is 0 Å². The standard InChI is InChI=1S/C11H12ClNO2/c1-13(5-4-12)9-2-3-10-8(6-9)7-15-11(10)14/h2-3,6H,4-5,7H2,1H3. The first-order valence-electron chi connectivity index (χ1n) is 4.79. The number of carbonyl (C=O) groups is 1. The van der Waals surface area contributed by atoms with Gasteiger partial charge in [0.15, 0.2) is 0 Å². The van der Waals surface area contributed by atoms with E-state index < -0.39 is 0 Å². The van der Waals surface area contributed by atoms with Crippen molar-refractivity contribution >= 4 is 23.3 Å². The second-order valence-electron chi connectivity index (χ2n) is 3.53. The molecule has 1 heterocycles. The van der Waals surface area contributed by atoms with E-state index in [2.05, 4.69) is 4.90 Å². The summed E-state index contributed by atoms with van der Waals surface area (Å²) in [5, 5.41) is 0. The van der Waals surface area contributed by atoms with Crippen LogP contribution in [0.25, 0.3) is 0 Å². The van der Waals surface area contributed by atoms with Gasteiger partial charge in [-0.1, -0.05) is 0 Å². The minimum absolute atomic E-state index is 0.225. The minimum Gasteiger partial charge on any atom is -0.457 e. The summed E-state index contributed by atoms with van der Waals surface area (Å²) in [6.07, 6.45) is 0. The van der Waals surface area contributed by atoms with Crippen molar-refractivity contribution in [3.63, 3.8) is 0 Å². The Balaban J connectivity index is 2.26. The maximum atomic E-state index is 11.2. The van der Waals surface area contributed by atoms with Crippen LogP contribution >= 0.6 is 11.6 Å². The van der Waals surface area contributed by atoms with Crippen LogP contribution in [-0.4, -0.2) is 25.4 Å². The monoisotopic (exact) mass is 225 g/mol. The molecule has 2 rings (SSSR count). The SMILES string of the molecule is CN(CCCl)c1ccc2c(c1)COC2=O. The van der Waals surface area contributed by atoms with Crippen LogP contribution in [0, 0.1) is 0 Å². The highest BCUT2D eigenvalue weighted by molar-refractivity contribution is 6.18. The second kappa shape index (κ2) is 4.11. The number of hydrogen-bond acceptors (Lipinski definition) is 3. The lowest BCUT2D eigenvalue weighted by atomic mass is 10.1. The van der Waals surface area contributed by atoms with Crippen molar-refractivity contribution in [1.29, 1.82) is 0 Å². The minimum atomic E-state index is -0.225. The number of cyclic esters (lactones) is 1. The summed E-state index contributed by atoms with van der Waals surface area (Å²) in [4.78, 5) is 13.3. The third-order valence-electron chi connectivity index (χ3n) is 2.53. The molecule has 4 heteroatoms. The van der Waals surface area contributed by atoms with Gasteiger partial charge < -0.3 is 9.64 Å². The molecule has 15 heavy (non-hydrogen) atoms. The second-order valence-corrected chi connectivity index (χ2v) is 3.91. The topological polar surface area (TPSA) is 29.5 Å². The van der Waals surface area contributed by atoms with Crippen LogP contribution in [-0.2, 0) is 11.3 Å². The molecule has 1 aliphatic heterocycles. The van der Waals surface area contributed by atoms with Crippen LogP contribution < -0.4 is 4.90 Å². The third-order valence-corrected chi connectivity index (χ3v) is 2.70. The molecule has 0 aromatic heterocycles. The fourth-order valence-corrected chi connectivity index (χ4v) is 1.87. The van der Waals surface area contributed by atoms with Crippen LogP contribution in [0.15, 0.2) is 18.2 Å². The van der Waals surface area contributed by atoms with E-state index in [4.69, 9.17) is 16.3 Å². The summed E-state index contributed by atoms with van der Waals surface area (Å²) in [6.45, 7) is 1.17. The molecule has 0 aliphatic carbocycles. The molecule has 0 radical (unpaired) electrons. The zero-order chi connectivity index (χ0) is 10.8. The molecular formula is C11H12ClNO2. The molecule has 0 saturated carbocycles. The highest BCUT2D eigenvalue weighted by atomic mass is 35.5. The molecule has 0 atom stereocenters. The van der Waals surface area contributed by atoms with E-state index in [1.165, 1.54) is 0 Å². The summed E-state index contributed by atoms with van der Waals surface area (Å²) >= 11 is 5.67. The van der Waals surface area contributed by atoms with Gasteiger partial charge in [0.25, 0.3) is 0 Å². The first-order chi connectivity index (χ1) is 7.22. The lowest BCUT2D eigenvalue weighted by Gasteiger charge is -2.18. The van der Waals surface area contributed by atoms with E-state index in [9.17, 15) is 4.79 Å². The molecular weight excluding hydrogens is 214 g/mol. The fourth-order valence-electron chi connectivity index (χ4n) is 1.61. The van der Waals surface area contributed by atoms with Gasteiger partial charge >= 0.3 is 5.97 Å². The summed E-state index contributed by atoms with van der Waals surface area (Å²) in [5.41, 5.74) is 2.70. The number of alkyl halides is 1. The number of benzene rings is 1. The number of rotatable bonds is 3. The van der Waals surface area contributed by atoms with Crippen LogP contribution in [0.2, 0.25) is 0 Å². The van der Waals surface area contributed by atoms with Gasteiger partial charge in [-0.3, -0.25) is 0 Å². The van der Waals surface area contributed by atoms with E-state index >= 15 is 0 Å². The van der Waals surface area contributed by atoms with Gasteiger partial charge in [-0.15, -0.1) is 11.6 Å². The summed E-state index contributed by atoms with van der Waals surface area (Å²) in [5.74, 6) is 0.361. The Bertz CT molecular complexity index is 392. The summed E-state index contributed by atoms with van der Waals surface area (Å²) in [6, 6.07) is 5.70. The molecule has 0 bridgehead atoms. The molecule has 3 nitrogen and oxygen atoms in total. The average molecular weight is 226 g/mol. The van der Waals surface area contributed by atoms with Crippen molar-refractivity contribution in [2.24, 2.45) is 0 Å². The van der Waals surface area contributed by atoms with Crippen molar-refractivity contribution < 1.29 is 9.53 Å². The lowest BCUT2D eigenvalue weighted by Crippen LogP contribution is -2.19. The number of fused-ring (bicyclic) bond motifs is 1. The van der Waals surface area contributed by atoms with Crippen molar-refractivity contribution in [1.82, 2.24) is 0 Å². The first kappa shape index (κ1) is 10.3. The summed E-state index contributed by atoms with van der Waals surface area (Å²) in [7, 11) is 1.97. The maximum Gasteiger partial charge on any atom is 0.338 e. The molecule has 80 valence electrons. The molecule has 1 aromatic carbocycles. The Morgan fingerprint density at radius 3 is 3.07 bits per heavy atom. The number of carbonyl (C=O) groups excluding carboxylic acids is 1. The van der Waals surface area contributed by atoms with Crippen LogP contribution in [0.3, 0.4) is 0 Å². The highest BCUT2D eigenvalue weighted by Crippen LogP contribution is 2.24. The molecule has 0 saturated heterocycles. The van der Waals surface area contributed by atoms with E-state index in [1.54, 1.807) is 0 Å². The van der Waals surface area contributed by atoms with Gasteiger partial charge in [-0.05, 0) is 18.2 Å². The van der Waals surface area contributed by atoms with Crippen molar-refractivity contribution in [3.05, 3.63) is 29.3 Å². The Morgan fingerprint density at radius 1 is 1.53 bits per heavy atom. The highest BCUT2D eigenvalue weighted by Gasteiger charge is 2.21. The molecule has 0 spiro atoms. The fraction of sp³-hybridized carbons (Fsp3) is 0.364. The zero-order valence-corrected chi connectivity index (χ0v) is 9.25. The normalized spacial score (nSPS) is 13.6. The van der Waals surface area contributed by atoms with Gasteiger partial charge in [0, 0.05) is 30.7 Å². The van der Waals surface area contributed by atoms with Crippen molar-refractivity contribution in [2.45, 2.75) is 6.61 Å². The van der Waals surface area contributed by atoms with E-state index in [-0.39, 0.29) is 5.97 Å². The van der Waals surface area contributed by atoms with Gasteiger partial charge in [0.1, 0.15) is 6.61 Å². The Hall–Kier alpha value is -1.22. The summed E-state index contributed by atoms with van der Waals surface area (Å²) < 4.78 is 4.93. The average Bonchev–Trinajstić information content (AvgIpc) is 2.60. The van der Waals surface area contributed by atoms with Gasteiger partial charge in [0.05, 0.1) is 5.56 Å². The lowest BCUT2D eigenvalue weighted by molar-refractivity contribution is 0.0535. The van der Waals surface area contributed by atoms with E-state index in [0.29, 0.717) is 18.1 Å².